The van der Waals surface area contributed by atoms with Crippen molar-refractivity contribution in [2.45, 2.75) is 0 Å². The molecular formula is C6H9N3O2. The Balaban J connectivity index is 2.51. The smallest absolute Gasteiger partial charge is 0.322 e. The summed E-state index contributed by atoms with van der Waals surface area (Å²) in [6, 6.07) is 0. The first-order valence-corrected chi connectivity index (χ1v) is 3.13. The summed E-state index contributed by atoms with van der Waals surface area (Å²) in [6.45, 7) is -0.106. The fraction of sp³-hybridized carbons (Fsp3) is 0.333. The van der Waals surface area contributed by atoms with Crippen molar-refractivity contribution in [2.24, 2.45) is 7.05 Å². The number of nitrogens with zero attached hydrogens (tertiary/aromatic N) is 2. The fourth-order valence-electron chi connectivity index (χ4n) is 0.691. The van der Waals surface area contributed by atoms with Crippen LogP contribution in [0, 0.1) is 0 Å². The summed E-state index contributed by atoms with van der Waals surface area (Å²) in [5, 5.41) is 10.9. The number of hydrogen-bond acceptors (Lipinski definition) is 3. The van der Waals surface area contributed by atoms with Crippen LogP contribution in [0.4, 0.5) is 5.95 Å². The fourth-order valence-corrected chi connectivity index (χ4v) is 0.691. The highest BCUT2D eigenvalue weighted by atomic mass is 16.4. The number of aryl methyl sites for hydroxylation is 1. The monoisotopic (exact) mass is 155 g/mol. The van der Waals surface area contributed by atoms with E-state index in [4.69, 9.17) is 5.11 Å². The second-order valence-electron chi connectivity index (χ2n) is 2.11. The van der Waals surface area contributed by atoms with Gasteiger partial charge in [-0.1, -0.05) is 0 Å². The first-order valence-electron chi connectivity index (χ1n) is 3.13. The molecule has 5 nitrogen and oxygen atoms in total. The summed E-state index contributed by atoms with van der Waals surface area (Å²) in [7, 11) is 1.79. The van der Waals surface area contributed by atoms with Crippen LogP contribution in [0.3, 0.4) is 0 Å². The molecule has 1 heterocycles. The van der Waals surface area contributed by atoms with Gasteiger partial charge in [0.25, 0.3) is 0 Å². The summed E-state index contributed by atoms with van der Waals surface area (Å²) in [4.78, 5) is 14.0. The average Bonchev–Trinajstić information content (AvgIpc) is 2.31. The van der Waals surface area contributed by atoms with Gasteiger partial charge in [0.1, 0.15) is 6.54 Å². The Morgan fingerprint density at radius 2 is 2.64 bits per heavy atom. The van der Waals surface area contributed by atoms with Gasteiger partial charge in [-0.05, 0) is 0 Å². The molecule has 11 heavy (non-hydrogen) atoms. The van der Waals surface area contributed by atoms with Crippen LogP contribution < -0.4 is 5.32 Å². The van der Waals surface area contributed by atoms with Crippen molar-refractivity contribution in [3.05, 3.63) is 12.4 Å². The zero-order valence-electron chi connectivity index (χ0n) is 6.11. The van der Waals surface area contributed by atoms with Gasteiger partial charge < -0.3 is 15.0 Å². The third-order valence-corrected chi connectivity index (χ3v) is 1.22. The molecule has 5 heteroatoms. The topological polar surface area (TPSA) is 67.2 Å². The maximum Gasteiger partial charge on any atom is 0.322 e. The lowest BCUT2D eigenvalue weighted by molar-refractivity contribution is -0.134. The molecule has 0 aliphatic rings. The van der Waals surface area contributed by atoms with Crippen molar-refractivity contribution in [2.75, 3.05) is 11.9 Å². The van der Waals surface area contributed by atoms with Crippen LogP contribution in [0.15, 0.2) is 12.4 Å². The number of nitrogens with one attached hydrogen (secondary N) is 1. The van der Waals surface area contributed by atoms with E-state index in [1.807, 2.05) is 0 Å². The number of aromatic nitrogens is 2. The molecule has 0 saturated heterocycles. The van der Waals surface area contributed by atoms with Gasteiger partial charge in [-0.2, -0.15) is 0 Å². The molecule has 0 aliphatic carbocycles. The summed E-state index contributed by atoms with van der Waals surface area (Å²) in [6.07, 6.45) is 3.34. The van der Waals surface area contributed by atoms with Gasteiger partial charge >= 0.3 is 5.97 Å². The van der Waals surface area contributed by atoms with Crippen LogP contribution in [0.2, 0.25) is 0 Å². The van der Waals surface area contributed by atoms with Crippen molar-refractivity contribution in [3.8, 4) is 0 Å². The molecule has 0 saturated carbocycles. The average molecular weight is 155 g/mol. The van der Waals surface area contributed by atoms with Gasteiger partial charge in [-0.3, -0.25) is 4.79 Å². The highest BCUT2D eigenvalue weighted by molar-refractivity contribution is 5.71. The second kappa shape index (κ2) is 3.05. The van der Waals surface area contributed by atoms with E-state index in [1.54, 1.807) is 24.0 Å². The molecule has 2 N–H and O–H groups in total. The zero-order chi connectivity index (χ0) is 8.27. The van der Waals surface area contributed by atoms with Crippen molar-refractivity contribution in [1.82, 2.24) is 9.55 Å². The van der Waals surface area contributed by atoms with E-state index < -0.39 is 5.97 Å². The molecule has 0 aliphatic heterocycles. The highest BCUT2D eigenvalue weighted by Crippen LogP contribution is 1.98. The van der Waals surface area contributed by atoms with Gasteiger partial charge in [0.2, 0.25) is 5.95 Å². The van der Waals surface area contributed by atoms with E-state index in [9.17, 15) is 4.79 Å². The Morgan fingerprint density at radius 3 is 3.09 bits per heavy atom. The number of carboxylic acid groups (broad SMARTS) is 1. The van der Waals surface area contributed by atoms with E-state index in [2.05, 4.69) is 10.3 Å². The number of carbonyl (C=O) groups is 1. The Hall–Kier alpha value is -1.52. The molecule has 0 amide bonds. The van der Waals surface area contributed by atoms with Crippen molar-refractivity contribution in [3.63, 3.8) is 0 Å². The molecule has 0 bridgehead atoms. The molecule has 1 aromatic rings. The predicted octanol–water partition coefficient (Wildman–Crippen LogP) is -0.0834. The number of rotatable bonds is 3. The van der Waals surface area contributed by atoms with Gasteiger partial charge in [0, 0.05) is 19.4 Å². The molecule has 0 unspecified atom stereocenters. The third kappa shape index (κ3) is 1.96. The molecule has 0 fully saturated rings. The third-order valence-electron chi connectivity index (χ3n) is 1.22. The van der Waals surface area contributed by atoms with Gasteiger partial charge in [-0.15, -0.1) is 0 Å². The molecule has 0 aromatic carbocycles. The van der Waals surface area contributed by atoms with Crippen LogP contribution in [0.1, 0.15) is 0 Å². The lowest BCUT2D eigenvalue weighted by Gasteiger charge is -2.00. The lowest BCUT2D eigenvalue weighted by atomic mass is 10.6. The van der Waals surface area contributed by atoms with Crippen molar-refractivity contribution < 1.29 is 9.90 Å². The first-order chi connectivity index (χ1) is 5.20. The largest absolute Gasteiger partial charge is 0.480 e. The minimum absolute atomic E-state index is 0.106. The van der Waals surface area contributed by atoms with Crippen LogP contribution in [0.5, 0.6) is 0 Å². The van der Waals surface area contributed by atoms with E-state index in [0.29, 0.717) is 5.95 Å². The Labute approximate surface area is 63.7 Å². The Morgan fingerprint density at radius 1 is 1.91 bits per heavy atom. The number of imidazole rings is 1. The zero-order valence-corrected chi connectivity index (χ0v) is 6.11. The van der Waals surface area contributed by atoms with Crippen LogP contribution in [0.25, 0.3) is 0 Å². The molecular weight excluding hydrogens is 146 g/mol. The number of aliphatic carboxylic acids is 1. The minimum atomic E-state index is -0.895. The number of carboxylic acids is 1. The number of hydrogen-bond donors (Lipinski definition) is 2. The second-order valence-corrected chi connectivity index (χ2v) is 2.11. The van der Waals surface area contributed by atoms with Crippen molar-refractivity contribution >= 4 is 11.9 Å². The summed E-state index contributed by atoms with van der Waals surface area (Å²) in [5.74, 6) is -0.333. The van der Waals surface area contributed by atoms with E-state index in [0.717, 1.165) is 0 Å². The summed E-state index contributed by atoms with van der Waals surface area (Å²) in [5.41, 5.74) is 0. The van der Waals surface area contributed by atoms with Gasteiger partial charge in [-0.25, -0.2) is 4.98 Å². The minimum Gasteiger partial charge on any atom is -0.480 e. The van der Waals surface area contributed by atoms with E-state index in [1.165, 1.54) is 0 Å². The normalized spacial score (nSPS) is 9.55. The standard InChI is InChI=1S/C6H9N3O2/c1-9-3-2-7-6(9)8-4-5(10)11/h2-3H,4H2,1H3,(H,7,8)(H,10,11). The molecule has 60 valence electrons. The SMILES string of the molecule is Cn1ccnc1NCC(=O)O. The van der Waals surface area contributed by atoms with E-state index in [-0.39, 0.29) is 6.54 Å². The quantitative estimate of drug-likeness (QED) is 0.640. The molecule has 0 spiro atoms. The van der Waals surface area contributed by atoms with Crippen LogP contribution in [-0.2, 0) is 11.8 Å². The van der Waals surface area contributed by atoms with Crippen LogP contribution in [-0.4, -0.2) is 27.2 Å². The lowest BCUT2D eigenvalue weighted by Crippen LogP contribution is -2.14. The molecule has 0 radical (unpaired) electrons. The van der Waals surface area contributed by atoms with Gasteiger partial charge in [0.05, 0.1) is 0 Å². The highest BCUT2D eigenvalue weighted by Gasteiger charge is 1.99. The van der Waals surface area contributed by atoms with Gasteiger partial charge in [0.15, 0.2) is 0 Å². The predicted molar refractivity (Wildman–Crippen MR) is 39.3 cm³/mol. The van der Waals surface area contributed by atoms with Crippen molar-refractivity contribution in [1.29, 1.82) is 0 Å². The molecule has 1 rings (SSSR count). The molecule has 0 atom stereocenters. The Bertz CT molecular complexity index is 256. The maximum absolute atomic E-state index is 10.1. The summed E-state index contributed by atoms with van der Waals surface area (Å²) < 4.78 is 1.71. The summed E-state index contributed by atoms with van der Waals surface area (Å²) >= 11 is 0. The van der Waals surface area contributed by atoms with Crippen LogP contribution >= 0.6 is 0 Å². The van der Waals surface area contributed by atoms with E-state index >= 15 is 0 Å². The Kier molecular flexibility index (Phi) is 2.10. The number of anilines is 1. The maximum atomic E-state index is 10.1. The first kappa shape index (κ1) is 7.59. The molecule has 1 aromatic heterocycles.